The van der Waals surface area contributed by atoms with Crippen LogP contribution >= 0.6 is 23.4 Å². The van der Waals surface area contributed by atoms with Gasteiger partial charge in [-0.25, -0.2) is 4.98 Å². The molecule has 0 spiro atoms. The van der Waals surface area contributed by atoms with E-state index in [4.69, 9.17) is 21.6 Å². The summed E-state index contributed by atoms with van der Waals surface area (Å²) in [5.41, 5.74) is 1.59. The zero-order valence-corrected chi connectivity index (χ0v) is 11.8. The van der Waals surface area contributed by atoms with Crippen LogP contribution in [0.1, 0.15) is 11.1 Å². The predicted octanol–water partition coefficient (Wildman–Crippen LogP) is 3.91. The number of benzene rings is 1. The molecule has 1 aromatic carbocycles. The van der Waals surface area contributed by atoms with E-state index < -0.39 is 0 Å². The summed E-state index contributed by atoms with van der Waals surface area (Å²) >= 11 is 7.45. The van der Waals surface area contributed by atoms with Crippen LogP contribution in [0.4, 0.5) is 0 Å². The number of pyridine rings is 1. The molecule has 5 heteroatoms. The molecular formula is C14H11ClN2OS. The van der Waals surface area contributed by atoms with Crippen molar-refractivity contribution in [2.75, 3.05) is 7.11 Å². The lowest BCUT2D eigenvalue weighted by Crippen LogP contribution is -1.88. The minimum absolute atomic E-state index is 0.252. The molecule has 0 saturated carbocycles. The summed E-state index contributed by atoms with van der Waals surface area (Å²) in [6.45, 7) is 0. The van der Waals surface area contributed by atoms with E-state index in [1.54, 1.807) is 31.1 Å². The summed E-state index contributed by atoms with van der Waals surface area (Å²) < 4.78 is 5.11. The summed E-state index contributed by atoms with van der Waals surface area (Å²) in [5, 5.41) is 9.31. The lowest BCUT2D eigenvalue weighted by Gasteiger charge is -2.05. The van der Waals surface area contributed by atoms with Gasteiger partial charge in [-0.15, -0.1) is 11.8 Å². The second-order valence-electron chi connectivity index (χ2n) is 3.72. The standard InChI is InChI=1S/C14H11ClN2OS/c1-18-11-4-2-10(3-5-11)9-19-13-6-7-17-14(15)12(13)8-16/h2-7H,9H2,1H3. The van der Waals surface area contributed by atoms with E-state index in [2.05, 4.69) is 11.1 Å². The molecule has 0 radical (unpaired) electrons. The number of nitriles is 1. The third kappa shape index (κ3) is 3.40. The molecule has 19 heavy (non-hydrogen) atoms. The molecule has 0 N–H and O–H groups in total. The van der Waals surface area contributed by atoms with E-state index in [1.807, 2.05) is 24.3 Å². The Morgan fingerprint density at radius 1 is 1.32 bits per heavy atom. The van der Waals surface area contributed by atoms with Gasteiger partial charge in [0, 0.05) is 16.8 Å². The number of hydrogen-bond donors (Lipinski definition) is 0. The highest BCUT2D eigenvalue weighted by Crippen LogP contribution is 2.29. The van der Waals surface area contributed by atoms with Crippen molar-refractivity contribution in [1.29, 1.82) is 5.26 Å². The summed E-state index contributed by atoms with van der Waals surface area (Å²) in [4.78, 5) is 4.75. The molecule has 3 nitrogen and oxygen atoms in total. The molecule has 0 aliphatic heterocycles. The Bertz CT molecular complexity index is 608. The van der Waals surface area contributed by atoms with E-state index in [0.29, 0.717) is 5.56 Å². The summed E-state index contributed by atoms with van der Waals surface area (Å²) in [6, 6.07) is 11.7. The third-order valence-electron chi connectivity index (χ3n) is 2.53. The maximum atomic E-state index is 9.06. The maximum Gasteiger partial charge on any atom is 0.147 e. The fourth-order valence-electron chi connectivity index (χ4n) is 1.52. The van der Waals surface area contributed by atoms with Crippen molar-refractivity contribution in [2.45, 2.75) is 10.6 Å². The van der Waals surface area contributed by atoms with Crippen LogP contribution in [0.5, 0.6) is 5.75 Å². The van der Waals surface area contributed by atoms with Gasteiger partial charge < -0.3 is 4.74 Å². The Balaban J connectivity index is 2.10. The van der Waals surface area contributed by atoms with E-state index in [9.17, 15) is 0 Å². The van der Waals surface area contributed by atoms with Crippen molar-refractivity contribution in [3.05, 3.63) is 52.8 Å². The molecule has 2 rings (SSSR count). The van der Waals surface area contributed by atoms with Gasteiger partial charge in [-0.3, -0.25) is 0 Å². The van der Waals surface area contributed by atoms with Crippen LogP contribution in [0.25, 0.3) is 0 Å². The van der Waals surface area contributed by atoms with Gasteiger partial charge in [0.2, 0.25) is 0 Å². The van der Waals surface area contributed by atoms with E-state index in [1.165, 1.54) is 0 Å². The molecule has 96 valence electrons. The second-order valence-corrected chi connectivity index (χ2v) is 5.10. The second kappa shape index (κ2) is 6.46. The Labute approximate surface area is 121 Å². The van der Waals surface area contributed by atoms with Crippen LogP contribution in [0.15, 0.2) is 41.4 Å². The molecule has 1 heterocycles. The largest absolute Gasteiger partial charge is 0.497 e. The molecule has 0 unspecified atom stereocenters. The molecular weight excluding hydrogens is 280 g/mol. The molecule has 0 fully saturated rings. The first-order valence-corrected chi connectivity index (χ1v) is 6.91. The smallest absolute Gasteiger partial charge is 0.147 e. The summed E-state index contributed by atoms with van der Waals surface area (Å²) in [6.07, 6.45) is 1.61. The van der Waals surface area contributed by atoms with E-state index in [0.717, 1.165) is 22.0 Å². The zero-order chi connectivity index (χ0) is 13.7. The number of hydrogen-bond acceptors (Lipinski definition) is 4. The summed E-state index contributed by atoms with van der Waals surface area (Å²) in [7, 11) is 1.64. The lowest BCUT2D eigenvalue weighted by atomic mass is 10.2. The van der Waals surface area contributed by atoms with Crippen LogP contribution < -0.4 is 4.74 Å². The normalized spacial score (nSPS) is 9.95. The van der Waals surface area contributed by atoms with Crippen LogP contribution in [0.3, 0.4) is 0 Å². The van der Waals surface area contributed by atoms with Crippen molar-refractivity contribution in [3.8, 4) is 11.8 Å². The molecule has 1 aromatic heterocycles. The molecule has 0 amide bonds. The fraction of sp³-hybridized carbons (Fsp3) is 0.143. The molecule has 0 aliphatic rings. The number of nitrogens with zero attached hydrogens (tertiary/aromatic N) is 2. The highest BCUT2D eigenvalue weighted by Gasteiger charge is 2.08. The highest BCUT2D eigenvalue weighted by molar-refractivity contribution is 7.98. The number of halogens is 1. The first kappa shape index (κ1) is 13.7. The minimum Gasteiger partial charge on any atom is -0.497 e. The van der Waals surface area contributed by atoms with Crippen LogP contribution in [0.2, 0.25) is 5.15 Å². The number of methoxy groups -OCH3 is 1. The monoisotopic (exact) mass is 290 g/mol. The van der Waals surface area contributed by atoms with Gasteiger partial charge in [-0.05, 0) is 23.8 Å². The van der Waals surface area contributed by atoms with Gasteiger partial charge in [0.15, 0.2) is 0 Å². The summed E-state index contributed by atoms with van der Waals surface area (Å²) in [5.74, 6) is 1.59. The number of rotatable bonds is 4. The predicted molar refractivity (Wildman–Crippen MR) is 76.5 cm³/mol. The quantitative estimate of drug-likeness (QED) is 0.633. The number of aromatic nitrogens is 1. The van der Waals surface area contributed by atoms with Crippen LogP contribution in [-0.4, -0.2) is 12.1 Å². The van der Waals surface area contributed by atoms with Crippen molar-refractivity contribution in [2.24, 2.45) is 0 Å². The average molecular weight is 291 g/mol. The number of ether oxygens (including phenoxy) is 1. The zero-order valence-electron chi connectivity index (χ0n) is 10.3. The van der Waals surface area contributed by atoms with E-state index in [-0.39, 0.29) is 5.15 Å². The van der Waals surface area contributed by atoms with Crippen LogP contribution in [0, 0.1) is 11.3 Å². The van der Waals surface area contributed by atoms with Gasteiger partial charge in [0.1, 0.15) is 22.5 Å². The van der Waals surface area contributed by atoms with Gasteiger partial charge >= 0.3 is 0 Å². The number of thioether (sulfide) groups is 1. The topological polar surface area (TPSA) is 45.9 Å². The molecule has 0 saturated heterocycles. The van der Waals surface area contributed by atoms with Gasteiger partial charge in [-0.1, -0.05) is 23.7 Å². The SMILES string of the molecule is COc1ccc(CSc2ccnc(Cl)c2C#N)cc1. The van der Waals surface area contributed by atoms with Gasteiger partial charge in [0.25, 0.3) is 0 Å². The molecule has 0 bridgehead atoms. The Hall–Kier alpha value is -1.70. The van der Waals surface area contributed by atoms with E-state index >= 15 is 0 Å². The van der Waals surface area contributed by atoms with Crippen molar-refractivity contribution >= 4 is 23.4 Å². The molecule has 0 aliphatic carbocycles. The lowest BCUT2D eigenvalue weighted by molar-refractivity contribution is 0.414. The maximum absolute atomic E-state index is 9.06. The first-order valence-electron chi connectivity index (χ1n) is 5.55. The molecule has 2 aromatic rings. The van der Waals surface area contributed by atoms with Gasteiger partial charge in [-0.2, -0.15) is 5.26 Å². The van der Waals surface area contributed by atoms with Gasteiger partial charge in [0.05, 0.1) is 7.11 Å². The average Bonchev–Trinajstić information content (AvgIpc) is 2.45. The van der Waals surface area contributed by atoms with Crippen molar-refractivity contribution < 1.29 is 4.74 Å². The minimum atomic E-state index is 0.252. The molecule has 0 atom stereocenters. The fourth-order valence-corrected chi connectivity index (χ4v) is 2.74. The third-order valence-corrected chi connectivity index (χ3v) is 3.95. The Morgan fingerprint density at radius 2 is 2.05 bits per heavy atom. The van der Waals surface area contributed by atoms with Crippen LogP contribution in [-0.2, 0) is 5.75 Å². The Morgan fingerprint density at radius 3 is 2.68 bits per heavy atom. The highest BCUT2D eigenvalue weighted by atomic mass is 35.5. The Kier molecular flexibility index (Phi) is 4.67. The first-order chi connectivity index (χ1) is 9.24. The van der Waals surface area contributed by atoms with Crippen molar-refractivity contribution in [3.63, 3.8) is 0 Å². The van der Waals surface area contributed by atoms with Crippen molar-refractivity contribution in [1.82, 2.24) is 4.98 Å².